The summed E-state index contributed by atoms with van der Waals surface area (Å²) in [5.74, 6) is 0.993. The predicted octanol–water partition coefficient (Wildman–Crippen LogP) is 1.06. The highest BCUT2D eigenvalue weighted by molar-refractivity contribution is 5.94. The molecule has 0 atom stereocenters. The molecule has 0 radical (unpaired) electrons. The van der Waals surface area contributed by atoms with E-state index in [1.807, 2.05) is 0 Å². The Bertz CT molecular complexity index is 609. The minimum Gasteiger partial charge on any atom is -0.504 e. The summed E-state index contributed by atoms with van der Waals surface area (Å²) in [6.07, 6.45) is 0.477. The first-order valence-electron chi connectivity index (χ1n) is 6.04. The van der Waals surface area contributed by atoms with Gasteiger partial charge in [0.15, 0.2) is 17.3 Å². The van der Waals surface area contributed by atoms with Gasteiger partial charge in [-0.05, 0) is 18.2 Å². The van der Waals surface area contributed by atoms with Crippen molar-refractivity contribution in [2.24, 2.45) is 0 Å². The van der Waals surface area contributed by atoms with Crippen LogP contribution in [0.25, 0.3) is 0 Å². The second-order valence-electron chi connectivity index (χ2n) is 4.12. The summed E-state index contributed by atoms with van der Waals surface area (Å²) in [4.78, 5) is 15.9. The van der Waals surface area contributed by atoms with Crippen molar-refractivity contribution in [1.29, 1.82) is 0 Å². The lowest BCUT2D eigenvalue weighted by atomic mass is 10.2. The number of nitrogens with zero attached hydrogens (tertiary/aromatic N) is 2. The molecule has 7 heteroatoms. The van der Waals surface area contributed by atoms with Crippen LogP contribution in [-0.2, 0) is 6.42 Å². The van der Waals surface area contributed by atoms with Crippen molar-refractivity contribution in [3.8, 4) is 11.5 Å². The van der Waals surface area contributed by atoms with E-state index in [1.165, 1.54) is 19.2 Å². The van der Waals surface area contributed by atoms with E-state index in [1.54, 1.807) is 13.0 Å². The quantitative estimate of drug-likeness (QED) is 0.848. The molecule has 0 saturated carbocycles. The number of benzene rings is 1. The fraction of sp³-hybridized carbons (Fsp3) is 0.308. The Balaban J connectivity index is 1.90. The van der Waals surface area contributed by atoms with Crippen molar-refractivity contribution in [3.63, 3.8) is 0 Å². The molecule has 0 aliphatic rings. The van der Waals surface area contributed by atoms with E-state index in [4.69, 9.17) is 9.26 Å². The standard InChI is InChI=1S/C13H15N3O4/c1-8-15-12(16-20-8)5-6-14-13(18)9-3-4-11(19-2)10(17)7-9/h3-4,7,17H,5-6H2,1-2H3,(H,14,18). The van der Waals surface area contributed by atoms with E-state index in [-0.39, 0.29) is 11.7 Å². The topological polar surface area (TPSA) is 97.5 Å². The highest BCUT2D eigenvalue weighted by atomic mass is 16.5. The van der Waals surface area contributed by atoms with E-state index in [0.29, 0.717) is 36.0 Å². The first-order chi connectivity index (χ1) is 9.60. The van der Waals surface area contributed by atoms with Crippen LogP contribution in [0.3, 0.4) is 0 Å². The third kappa shape index (κ3) is 3.25. The lowest BCUT2D eigenvalue weighted by molar-refractivity contribution is 0.0953. The molecule has 20 heavy (non-hydrogen) atoms. The zero-order valence-electron chi connectivity index (χ0n) is 11.2. The molecular weight excluding hydrogens is 262 g/mol. The summed E-state index contributed by atoms with van der Waals surface area (Å²) in [7, 11) is 1.45. The summed E-state index contributed by atoms with van der Waals surface area (Å²) >= 11 is 0. The molecule has 7 nitrogen and oxygen atoms in total. The van der Waals surface area contributed by atoms with Gasteiger partial charge in [-0.3, -0.25) is 4.79 Å². The predicted molar refractivity (Wildman–Crippen MR) is 69.7 cm³/mol. The van der Waals surface area contributed by atoms with Crippen molar-refractivity contribution in [2.45, 2.75) is 13.3 Å². The number of rotatable bonds is 5. The number of phenols is 1. The molecule has 2 N–H and O–H groups in total. The minimum absolute atomic E-state index is 0.0751. The van der Waals surface area contributed by atoms with E-state index in [9.17, 15) is 9.90 Å². The number of carbonyl (C=O) groups is 1. The second kappa shape index (κ2) is 6.05. The molecule has 106 valence electrons. The maximum absolute atomic E-state index is 11.9. The van der Waals surface area contributed by atoms with Gasteiger partial charge < -0.3 is 19.7 Å². The highest BCUT2D eigenvalue weighted by Gasteiger charge is 2.10. The number of phenolic OH excluding ortho intramolecular Hbond substituents is 1. The maximum atomic E-state index is 11.9. The molecule has 1 aromatic carbocycles. The van der Waals surface area contributed by atoms with Crippen LogP contribution in [0.2, 0.25) is 0 Å². The molecule has 0 bridgehead atoms. The van der Waals surface area contributed by atoms with E-state index in [2.05, 4.69) is 15.5 Å². The summed E-state index contributed by atoms with van der Waals surface area (Å²) in [6, 6.07) is 4.46. The number of nitrogens with one attached hydrogen (secondary N) is 1. The average molecular weight is 277 g/mol. The number of methoxy groups -OCH3 is 1. The molecule has 0 fully saturated rings. The van der Waals surface area contributed by atoms with Crippen LogP contribution in [0.15, 0.2) is 22.7 Å². The second-order valence-corrected chi connectivity index (χ2v) is 4.12. The number of amides is 1. The molecule has 2 rings (SSSR count). The zero-order chi connectivity index (χ0) is 14.5. The number of aromatic hydroxyl groups is 1. The summed E-state index contributed by atoms with van der Waals surface area (Å²) in [5.41, 5.74) is 0.354. The normalized spacial score (nSPS) is 10.3. The third-order valence-electron chi connectivity index (χ3n) is 2.64. The molecule has 1 heterocycles. The largest absolute Gasteiger partial charge is 0.504 e. The Labute approximate surface area is 115 Å². The molecule has 0 saturated heterocycles. The summed E-state index contributed by atoms with van der Waals surface area (Å²) in [6.45, 7) is 2.08. The van der Waals surface area contributed by atoms with Gasteiger partial charge in [0.05, 0.1) is 7.11 Å². The summed E-state index contributed by atoms with van der Waals surface area (Å²) in [5, 5.41) is 16.0. The number of aryl methyl sites for hydroxylation is 1. The Morgan fingerprint density at radius 3 is 2.90 bits per heavy atom. The van der Waals surface area contributed by atoms with Gasteiger partial charge in [0, 0.05) is 25.5 Å². The fourth-order valence-electron chi connectivity index (χ4n) is 1.66. The molecule has 0 unspecified atom stereocenters. The third-order valence-corrected chi connectivity index (χ3v) is 2.64. The summed E-state index contributed by atoms with van der Waals surface area (Å²) < 4.78 is 9.74. The lowest BCUT2D eigenvalue weighted by Crippen LogP contribution is -2.25. The lowest BCUT2D eigenvalue weighted by Gasteiger charge is -2.06. The van der Waals surface area contributed by atoms with Gasteiger partial charge in [0.2, 0.25) is 5.89 Å². The van der Waals surface area contributed by atoms with Crippen LogP contribution >= 0.6 is 0 Å². The molecule has 1 aromatic heterocycles. The highest BCUT2D eigenvalue weighted by Crippen LogP contribution is 2.25. The van der Waals surface area contributed by atoms with Crippen LogP contribution < -0.4 is 10.1 Å². The minimum atomic E-state index is -0.289. The number of aromatic nitrogens is 2. The number of hydrogen-bond acceptors (Lipinski definition) is 6. The van der Waals surface area contributed by atoms with Crippen LogP contribution in [0, 0.1) is 6.92 Å². The van der Waals surface area contributed by atoms with Crippen molar-refractivity contribution in [1.82, 2.24) is 15.5 Å². The van der Waals surface area contributed by atoms with Crippen molar-refractivity contribution < 1.29 is 19.2 Å². The van der Waals surface area contributed by atoms with Crippen molar-refractivity contribution in [2.75, 3.05) is 13.7 Å². The smallest absolute Gasteiger partial charge is 0.251 e. The van der Waals surface area contributed by atoms with E-state index < -0.39 is 0 Å². The van der Waals surface area contributed by atoms with Crippen molar-refractivity contribution in [3.05, 3.63) is 35.5 Å². The van der Waals surface area contributed by atoms with Gasteiger partial charge in [0.25, 0.3) is 5.91 Å². The van der Waals surface area contributed by atoms with Gasteiger partial charge in [-0.2, -0.15) is 4.98 Å². The molecule has 0 spiro atoms. The van der Waals surface area contributed by atoms with Gasteiger partial charge in [0.1, 0.15) is 0 Å². The Hall–Kier alpha value is -2.57. The van der Waals surface area contributed by atoms with Gasteiger partial charge in [-0.15, -0.1) is 0 Å². The fourth-order valence-corrected chi connectivity index (χ4v) is 1.66. The SMILES string of the molecule is COc1ccc(C(=O)NCCc2noc(C)n2)cc1O. The zero-order valence-corrected chi connectivity index (χ0v) is 11.2. The van der Waals surface area contributed by atoms with Gasteiger partial charge in [-0.1, -0.05) is 5.16 Å². The van der Waals surface area contributed by atoms with Crippen LogP contribution in [0.4, 0.5) is 0 Å². The van der Waals surface area contributed by atoms with Crippen LogP contribution in [-0.4, -0.2) is 34.8 Å². The van der Waals surface area contributed by atoms with Crippen molar-refractivity contribution >= 4 is 5.91 Å². The van der Waals surface area contributed by atoms with Gasteiger partial charge >= 0.3 is 0 Å². The molecule has 0 aliphatic carbocycles. The van der Waals surface area contributed by atoms with E-state index in [0.717, 1.165) is 0 Å². The maximum Gasteiger partial charge on any atom is 0.251 e. The molecule has 0 aliphatic heterocycles. The van der Waals surface area contributed by atoms with Gasteiger partial charge in [-0.25, -0.2) is 0 Å². The molecular formula is C13H15N3O4. The average Bonchev–Trinajstić information content (AvgIpc) is 2.84. The first-order valence-corrected chi connectivity index (χ1v) is 6.04. The first kappa shape index (κ1) is 13.9. The number of hydrogen-bond donors (Lipinski definition) is 2. The Morgan fingerprint density at radius 1 is 1.50 bits per heavy atom. The number of ether oxygens (including phenoxy) is 1. The van der Waals surface area contributed by atoms with E-state index >= 15 is 0 Å². The van der Waals surface area contributed by atoms with Crippen LogP contribution in [0.1, 0.15) is 22.1 Å². The number of carbonyl (C=O) groups excluding carboxylic acids is 1. The molecule has 2 aromatic rings. The molecule has 1 amide bonds. The monoisotopic (exact) mass is 277 g/mol. The Kier molecular flexibility index (Phi) is 4.19. The Morgan fingerprint density at radius 2 is 2.30 bits per heavy atom. The van der Waals surface area contributed by atoms with Crippen LogP contribution in [0.5, 0.6) is 11.5 Å².